The number of amides is 2. The Kier molecular flexibility index (Phi) is 5.20. The van der Waals surface area contributed by atoms with E-state index in [-0.39, 0.29) is 18.7 Å². The van der Waals surface area contributed by atoms with Crippen LogP contribution in [0.1, 0.15) is 42.8 Å². The average Bonchev–Trinajstić information content (AvgIpc) is 3.23. The zero-order chi connectivity index (χ0) is 16.9. The zero-order valence-electron chi connectivity index (χ0n) is 13.9. The smallest absolute Gasteiger partial charge is 0.318 e. The van der Waals surface area contributed by atoms with E-state index in [1.807, 2.05) is 29.9 Å². The van der Waals surface area contributed by atoms with E-state index in [4.69, 9.17) is 9.52 Å². The van der Waals surface area contributed by atoms with Crippen LogP contribution in [0.3, 0.4) is 0 Å². The molecular formula is C17H24N4O3. The summed E-state index contributed by atoms with van der Waals surface area (Å²) in [7, 11) is 0. The van der Waals surface area contributed by atoms with Crippen molar-refractivity contribution in [1.29, 1.82) is 0 Å². The average molecular weight is 332 g/mol. The van der Waals surface area contributed by atoms with Gasteiger partial charge in [0.1, 0.15) is 5.76 Å². The molecule has 2 aromatic rings. The minimum Gasteiger partial charge on any atom is -0.467 e. The van der Waals surface area contributed by atoms with Crippen molar-refractivity contribution in [2.24, 2.45) is 0 Å². The normalized spacial score (nSPS) is 16.7. The molecule has 0 saturated carbocycles. The van der Waals surface area contributed by atoms with Crippen LogP contribution in [0.15, 0.2) is 29.0 Å². The van der Waals surface area contributed by atoms with E-state index in [0.717, 1.165) is 36.3 Å². The van der Waals surface area contributed by atoms with Crippen molar-refractivity contribution in [3.8, 4) is 0 Å². The number of hydrogen-bond acceptors (Lipinski definition) is 4. The Hall–Kier alpha value is -2.28. The van der Waals surface area contributed by atoms with E-state index < -0.39 is 0 Å². The summed E-state index contributed by atoms with van der Waals surface area (Å²) in [6.45, 7) is 3.58. The first-order valence-corrected chi connectivity index (χ1v) is 8.46. The number of aliphatic hydroxyl groups excluding tert-OH is 1. The van der Waals surface area contributed by atoms with Crippen molar-refractivity contribution in [3.63, 3.8) is 0 Å². The van der Waals surface area contributed by atoms with Crippen LogP contribution in [0.25, 0.3) is 0 Å². The molecule has 0 bridgehead atoms. The fourth-order valence-corrected chi connectivity index (χ4v) is 3.21. The lowest BCUT2D eigenvalue weighted by Crippen LogP contribution is -2.41. The summed E-state index contributed by atoms with van der Waals surface area (Å²) in [5.74, 6) is 0.770. The summed E-state index contributed by atoms with van der Waals surface area (Å²) in [4.78, 5) is 14.3. The number of nitrogens with zero attached hydrogens (tertiary/aromatic N) is 3. The summed E-state index contributed by atoms with van der Waals surface area (Å²) >= 11 is 0. The molecule has 3 rings (SSSR count). The Bertz CT molecular complexity index is 665. The molecule has 7 heteroatoms. The molecule has 0 unspecified atom stereocenters. The summed E-state index contributed by atoms with van der Waals surface area (Å²) in [5.41, 5.74) is 2.19. The monoisotopic (exact) mass is 332 g/mol. The molecular weight excluding hydrogens is 308 g/mol. The van der Waals surface area contributed by atoms with E-state index in [0.29, 0.717) is 19.6 Å². The van der Waals surface area contributed by atoms with Crippen LogP contribution in [0, 0.1) is 0 Å². The number of carbonyl (C=O) groups excluding carboxylic acids is 1. The number of fused-ring (bicyclic) bond motifs is 1. The molecule has 2 N–H and O–H groups in total. The van der Waals surface area contributed by atoms with E-state index in [2.05, 4.69) is 10.4 Å². The predicted molar refractivity (Wildman–Crippen MR) is 88.3 cm³/mol. The van der Waals surface area contributed by atoms with Crippen molar-refractivity contribution < 1.29 is 14.3 Å². The highest BCUT2D eigenvalue weighted by Crippen LogP contribution is 2.29. The minimum atomic E-state index is -0.0957. The van der Waals surface area contributed by atoms with Crippen molar-refractivity contribution in [2.75, 3.05) is 13.2 Å². The van der Waals surface area contributed by atoms with Gasteiger partial charge in [0.15, 0.2) is 0 Å². The molecule has 0 fully saturated rings. The number of aliphatic hydroxyl groups is 1. The lowest BCUT2D eigenvalue weighted by atomic mass is 9.93. The van der Waals surface area contributed by atoms with Crippen molar-refractivity contribution in [3.05, 3.63) is 41.6 Å². The second-order valence-electron chi connectivity index (χ2n) is 5.98. The SMILES string of the molecule is CCN(Cc1ccco1)C(=O)N[C@@H]1CCCc2c1cnn2CCO. The Labute approximate surface area is 141 Å². The van der Waals surface area contributed by atoms with Gasteiger partial charge in [0, 0.05) is 17.8 Å². The Balaban J connectivity index is 1.68. The third-order valence-electron chi connectivity index (χ3n) is 4.47. The van der Waals surface area contributed by atoms with Gasteiger partial charge < -0.3 is 19.7 Å². The summed E-state index contributed by atoms with van der Waals surface area (Å²) < 4.78 is 7.18. The first kappa shape index (κ1) is 16.6. The van der Waals surface area contributed by atoms with Crippen LogP contribution < -0.4 is 5.32 Å². The van der Waals surface area contributed by atoms with Crippen LogP contribution in [-0.2, 0) is 19.5 Å². The van der Waals surface area contributed by atoms with Crippen LogP contribution >= 0.6 is 0 Å². The van der Waals surface area contributed by atoms with Gasteiger partial charge in [-0.1, -0.05) is 0 Å². The molecule has 1 aliphatic rings. The van der Waals surface area contributed by atoms with Gasteiger partial charge in [-0.05, 0) is 38.3 Å². The number of aromatic nitrogens is 2. The highest BCUT2D eigenvalue weighted by molar-refractivity contribution is 5.74. The topological polar surface area (TPSA) is 83.5 Å². The van der Waals surface area contributed by atoms with Crippen LogP contribution in [0.5, 0.6) is 0 Å². The lowest BCUT2D eigenvalue weighted by Gasteiger charge is -2.28. The Morgan fingerprint density at radius 1 is 1.58 bits per heavy atom. The van der Waals surface area contributed by atoms with E-state index in [1.165, 1.54) is 0 Å². The zero-order valence-corrected chi connectivity index (χ0v) is 13.9. The third-order valence-corrected chi connectivity index (χ3v) is 4.47. The maximum Gasteiger partial charge on any atom is 0.318 e. The second kappa shape index (κ2) is 7.53. The standard InChI is InChI=1S/C17H24N4O3/c1-2-20(12-13-5-4-10-24-13)17(23)19-15-6-3-7-16-14(15)11-18-21(16)8-9-22/h4-5,10-11,15,22H,2-3,6-9,12H2,1H3,(H,19,23)/t15-/m1/s1. The second-order valence-corrected chi connectivity index (χ2v) is 5.98. The molecule has 2 amide bonds. The van der Waals surface area contributed by atoms with Crippen molar-refractivity contribution in [2.45, 2.75) is 45.3 Å². The van der Waals surface area contributed by atoms with Crippen molar-refractivity contribution >= 4 is 6.03 Å². The highest BCUT2D eigenvalue weighted by Gasteiger charge is 2.27. The van der Waals surface area contributed by atoms with Gasteiger partial charge in [-0.2, -0.15) is 5.10 Å². The molecule has 0 aliphatic heterocycles. The first-order valence-electron chi connectivity index (χ1n) is 8.46. The number of rotatable bonds is 6. The molecule has 24 heavy (non-hydrogen) atoms. The van der Waals surface area contributed by atoms with E-state index in [9.17, 15) is 4.79 Å². The van der Waals surface area contributed by atoms with Gasteiger partial charge in [-0.3, -0.25) is 4.68 Å². The maximum absolute atomic E-state index is 12.6. The molecule has 2 heterocycles. The van der Waals surface area contributed by atoms with Crippen LogP contribution in [-0.4, -0.2) is 39.0 Å². The molecule has 0 saturated heterocycles. The number of carbonyl (C=O) groups is 1. The summed E-state index contributed by atoms with van der Waals surface area (Å²) in [6.07, 6.45) is 6.27. The molecule has 2 aromatic heterocycles. The first-order chi connectivity index (χ1) is 11.7. The molecule has 7 nitrogen and oxygen atoms in total. The molecule has 1 aliphatic carbocycles. The van der Waals surface area contributed by atoms with Gasteiger partial charge in [0.25, 0.3) is 0 Å². The van der Waals surface area contributed by atoms with Gasteiger partial charge in [-0.25, -0.2) is 4.79 Å². The van der Waals surface area contributed by atoms with Gasteiger partial charge >= 0.3 is 6.03 Å². The fraction of sp³-hybridized carbons (Fsp3) is 0.529. The Morgan fingerprint density at radius 2 is 2.46 bits per heavy atom. The summed E-state index contributed by atoms with van der Waals surface area (Å²) in [6, 6.07) is 3.57. The number of hydrogen-bond donors (Lipinski definition) is 2. The number of furan rings is 1. The molecule has 130 valence electrons. The Morgan fingerprint density at radius 3 is 3.17 bits per heavy atom. The summed E-state index contributed by atoms with van der Waals surface area (Å²) in [5, 5.41) is 16.6. The molecule has 0 aromatic carbocycles. The predicted octanol–water partition coefficient (Wildman–Crippen LogP) is 2.08. The maximum atomic E-state index is 12.6. The van der Waals surface area contributed by atoms with Gasteiger partial charge in [0.2, 0.25) is 0 Å². The number of urea groups is 1. The van der Waals surface area contributed by atoms with Gasteiger partial charge in [0.05, 0.1) is 38.2 Å². The quantitative estimate of drug-likeness (QED) is 0.848. The molecule has 1 atom stereocenters. The van der Waals surface area contributed by atoms with Gasteiger partial charge in [-0.15, -0.1) is 0 Å². The van der Waals surface area contributed by atoms with Crippen LogP contribution in [0.2, 0.25) is 0 Å². The highest BCUT2D eigenvalue weighted by atomic mass is 16.3. The minimum absolute atomic E-state index is 0.0284. The van der Waals surface area contributed by atoms with E-state index in [1.54, 1.807) is 11.2 Å². The fourth-order valence-electron chi connectivity index (χ4n) is 3.21. The molecule has 0 radical (unpaired) electrons. The number of nitrogens with one attached hydrogen (secondary N) is 1. The van der Waals surface area contributed by atoms with E-state index >= 15 is 0 Å². The van der Waals surface area contributed by atoms with Crippen molar-refractivity contribution in [1.82, 2.24) is 20.0 Å². The molecule has 0 spiro atoms. The lowest BCUT2D eigenvalue weighted by molar-refractivity contribution is 0.188. The largest absolute Gasteiger partial charge is 0.467 e. The van der Waals surface area contributed by atoms with Crippen LogP contribution in [0.4, 0.5) is 4.79 Å². The third kappa shape index (κ3) is 3.46.